The summed E-state index contributed by atoms with van der Waals surface area (Å²) in [5.74, 6) is -0.754. The van der Waals surface area contributed by atoms with Gasteiger partial charge in [-0.25, -0.2) is 0 Å². The summed E-state index contributed by atoms with van der Waals surface area (Å²) in [6, 6.07) is 0. The maximum atomic E-state index is 11.1. The Morgan fingerprint density at radius 2 is 1.00 bits per heavy atom. The summed E-state index contributed by atoms with van der Waals surface area (Å²) in [7, 11) is 0. The molecular weight excluding hydrogens is 335 g/mol. The third kappa shape index (κ3) is 21.6. The van der Waals surface area contributed by atoms with Crippen molar-refractivity contribution in [1.29, 1.82) is 0 Å². The van der Waals surface area contributed by atoms with Crippen molar-refractivity contribution in [1.82, 2.24) is 10.6 Å². The minimum atomic E-state index is -0.377. The molecule has 0 spiro atoms. The fourth-order valence-corrected chi connectivity index (χ4v) is 1.19. The van der Waals surface area contributed by atoms with E-state index in [1.165, 1.54) is 0 Å². The number of nitrogens with one attached hydrogen (secondary N) is 2. The summed E-state index contributed by atoms with van der Waals surface area (Å²) in [5, 5.41) is 28.5. The molecule has 0 atom stereocenters. The number of aliphatic imine (C=N–C) groups is 2. The predicted molar refractivity (Wildman–Crippen MR) is 73.0 cm³/mol. The zero-order valence-corrected chi connectivity index (χ0v) is 12.5. The largest absolute Gasteiger partial charge is 2.00 e. The van der Waals surface area contributed by atoms with Crippen LogP contribution in [0.15, 0.2) is 9.98 Å². The Hall–Kier alpha value is -0.846. The molecule has 0 fully saturated rings. The van der Waals surface area contributed by atoms with Crippen LogP contribution in [0, 0.1) is 0 Å². The van der Waals surface area contributed by atoms with Crippen LogP contribution < -0.4 is 20.8 Å². The van der Waals surface area contributed by atoms with Crippen molar-refractivity contribution in [2.75, 3.05) is 39.3 Å². The number of nitrogens with zero attached hydrogens (tertiary/aromatic N) is 2. The molecule has 12 N–H and O–H groups in total. The average molecular weight is 361 g/mol. The molecule has 0 radical (unpaired) electrons. The molecule has 11 nitrogen and oxygen atoms in total. The van der Waals surface area contributed by atoms with Gasteiger partial charge in [-0.2, -0.15) is 0 Å². The van der Waals surface area contributed by atoms with E-state index in [2.05, 4.69) is 20.6 Å². The summed E-state index contributed by atoms with van der Waals surface area (Å²) < 4.78 is 0. The van der Waals surface area contributed by atoms with Gasteiger partial charge >= 0.3 is 16.5 Å². The van der Waals surface area contributed by atoms with Crippen molar-refractivity contribution in [2.24, 2.45) is 9.98 Å². The van der Waals surface area contributed by atoms with Gasteiger partial charge in [-0.15, -0.1) is 0 Å². The topological polar surface area (TPSA) is 252 Å². The summed E-state index contributed by atoms with van der Waals surface area (Å²) in [4.78, 5) is 7.47. The van der Waals surface area contributed by atoms with Crippen LogP contribution in [0.1, 0.15) is 6.42 Å². The van der Waals surface area contributed by atoms with E-state index in [-0.39, 0.29) is 62.1 Å². The third-order valence-electron chi connectivity index (χ3n) is 1.93. The minimum absolute atomic E-state index is 0. The van der Waals surface area contributed by atoms with Gasteiger partial charge in [0.1, 0.15) is 0 Å². The van der Waals surface area contributed by atoms with E-state index < -0.39 is 0 Å². The van der Waals surface area contributed by atoms with Gasteiger partial charge in [0.15, 0.2) is 0 Å². The molecule has 0 aliphatic carbocycles. The molecule has 0 bridgehead atoms. The first-order chi connectivity index (χ1) is 7.29. The van der Waals surface area contributed by atoms with Gasteiger partial charge in [0.2, 0.25) is 0 Å². The first-order valence-corrected chi connectivity index (χ1v) is 5.11. The van der Waals surface area contributed by atoms with E-state index in [1.54, 1.807) is 0 Å². The molecule has 12 heteroatoms. The number of hydrogen-bond donors (Lipinski definition) is 2. The Morgan fingerprint density at radius 3 is 1.33 bits per heavy atom. The van der Waals surface area contributed by atoms with Crippen molar-refractivity contribution in [3.8, 4) is 0 Å². The predicted octanol–water partition coefficient (Wildman–Crippen LogP) is -7.04. The zero-order chi connectivity index (χ0) is 10.9. The SMILES string of the molecule is O.O.O.O.O.[Ni+2].[O-]C1=NCCNCCNCCN=C([O-])C1. The van der Waals surface area contributed by atoms with E-state index >= 15 is 0 Å². The first kappa shape index (κ1) is 36.9. The molecule has 1 aliphatic heterocycles. The second kappa shape index (κ2) is 24.2. The van der Waals surface area contributed by atoms with Crippen LogP contribution >= 0.6 is 0 Å². The second-order valence-corrected chi connectivity index (χ2v) is 3.23. The van der Waals surface area contributed by atoms with Gasteiger partial charge in [-0.05, 0) is 11.8 Å². The number of hydrogen-bond acceptors (Lipinski definition) is 6. The quantitative estimate of drug-likeness (QED) is 0.398. The maximum absolute atomic E-state index is 11.1. The molecule has 1 aliphatic rings. The minimum Gasteiger partial charge on any atom is -0.862 e. The second-order valence-electron chi connectivity index (χ2n) is 3.23. The van der Waals surface area contributed by atoms with E-state index in [4.69, 9.17) is 0 Å². The van der Waals surface area contributed by atoms with Crippen molar-refractivity contribution in [3.05, 3.63) is 0 Å². The van der Waals surface area contributed by atoms with E-state index in [0.29, 0.717) is 26.2 Å². The summed E-state index contributed by atoms with van der Waals surface area (Å²) >= 11 is 0. The molecule has 0 aromatic rings. The monoisotopic (exact) mass is 360 g/mol. The molecule has 0 aromatic carbocycles. The Kier molecular flexibility index (Phi) is 42.5. The summed E-state index contributed by atoms with van der Waals surface area (Å²) in [6.07, 6.45) is -0.194. The maximum Gasteiger partial charge on any atom is 2.00 e. The van der Waals surface area contributed by atoms with Crippen LogP contribution in [0.3, 0.4) is 0 Å². The smallest absolute Gasteiger partial charge is 0.862 e. The molecule has 0 amide bonds. The third-order valence-corrected chi connectivity index (χ3v) is 1.93. The molecule has 1 rings (SSSR count). The fourth-order valence-electron chi connectivity index (χ4n) is 1.19. The normalized spacial score (nSPS) is 15.4. The van der Waals surface area contributed by atoms with Crippen molar-refractivity contribution >= 4 is 11.8 Å². The van der Waals surface area contributed by atoms with Crippen LogP contribution in [0.25, 0.3) is 0 Å². The van der Waals surface area contributed by atoms with E-state index in [9.17, 15) is 10.2 Å². The van der Waals surface area contributed by atoms with E-state index in [0.717, 1.165) is 13.1 Å². The van der Waals surface area contributed by atoms with Crippen molar-refractivity contribution < 1.29 is 54.1 Å². The first-order valence-electron chi connectivity index (χ1n) is 5.11. The van der Waals surface area contributed by atoms with Crippen LogP contribution in [0.2, 0.25) is 0 Å². The summed E-state index contributed by atoms with van der Waals surface area (Å²) in [5.41, 5.74) is 0. The van der Waals surface area contributed by atoms with Gasteiger partial charge in [0.25, 0.3) is 0 Å². The molecule has 0 saturated carbocycles. The molecule has 0 saturated heterocycles. The Balaban J connectivity index is -0.0000000937. The Bertz CT molecular complexity index is 232. The van der Waals surface area contributed by atoms with Gasteiger partial charge < -0.3 is 58.2 Å². The molecule has 21 heavy (non-hydrogen) atoms. The Labute approximate surface area is 133 Å². The molecule has 1 heterocycles. The van der Waals surface area contributed by atoms with Gasteiger partial charge in [0, 0.05) is 32.6 Å². The van der Waals surface area contributed by atoms with Gasteiger partial charge in [-0.3, -0.25) is 0 Å². The van der Waals surface area contributed by atoms with E-state index in [1.807, 2.05) is 0 Å². The van der Waals surface area contributed by atoms with Gasteiger partial charge in [0.05, 0.1) is 13.1 Å². The standard InChI is InChI=1S/C9H18N4O2.Ni.5H2O/c14-8-7-9(15)13-6-4-11-2-1-10-3-5-12-8;;;;;;/h10-11H,1-7H2,(H,12,14)(H,13,15);;5*1H2/q;+2;;;;;/p-2. The number of rotatable bonds is 0. The van der Waals surface area contributed by atoms with Crippen LogP contribution in [-0.2, 0) is 16.5 Å². The van der Waals surface area contributed by atoms with Crippen LogP contribution in [0.4, 0.5) is 0 Å². The fraction of sp³-hybridized carbons (Fsp3) is 0.778. The van der Waals surface area contributed by atoms with Crippen molar-refractivity contribution in [2.45, 2.75) is 6.42 Å². The average Bonchev–Trinajstić information content (AvgIpc) is 2.21. The zero-order valence-electron chi connectivity index (χ0n) is 11.5. The molecule has 134 valence electrons. The van der Waals surface area contributed by atoms with Crippen molar-refractivity contribution in [3.63, 3.8) is 0 Å². The van der Waals surface area contributed by atoms with Gasteiger partial charge in [-0.1, -0.05) is 0 Å². The van der Waals surface area contributed by atoms with Crippen LogP contribution in [-0.4, -0.2) is 78.4 Å². The summed E-state index contributed by atoms with van der Waals surface area (Å²) in [6.45, 7) is 3.84. The Morgan fingerprint density at radius 1 is 0.667 bits per heavy atom. The molecule has 0 unspecified atom stereocenters. The molecule has 0 aromatic heterocycles. The molecular formula is C9H26N4NiO7. The van der Waals surface area contributed by atoms with Crippen LogP contribution in [0.5, 0.6) is 0 Å².